The molecule has 0 radical (unpaired) electrons. The highest BCUT2D eigenvalue weighted by molar-refractivity contribution is 9.12. The van der Waals surface area contributed by atoms with Gasteiger partial charge in [0.15, 0.2) is 0 Å². The zero-order chi connectivity index (χ0) is 10.4. The minimum Gasteiger partial charge on any atom is -0.316 e. The van der Waals surface area contributed by atoms with Crippen LogP contribution in [0.4, 0.5) is 0 Å². The fourth-order valence-electron chi connectivity index (χ4n) is 1.07. The second-order valence-electron chi connectivity index (χ2n) is 2.88. The van der Waals surface area contributed by atoms with Crippen molar-refractivity contribution >= 4 is 43.2 Å². The number of hydrogen-bond donors (Lipinski definition) is 2. The highest BCUT2D eigenvalue weighted by Crippen LogP contribution is 2.31. The predicted molar refractivity (Wildman–Crippen MR) is 70.0 cm³/mol. The molecule has 1 aromatic heterocycles. The Labute approximate surface area is 106 Å². The molecule has 2 N–H and O–H groups in total. The molecular formula is C9H14Br2N2S. The highest BCUT2D eigenvalue weighted by atomic mass is 79.9. The van der Waals surface area contributed by atoms with E-state index in [1.165, 1.54) is 13.1 Å². The van der Waals surface area contributed by atoms with E-state index in [1.807, 2.05) is 0 Å². The summed E-state index contributed by atoms with van der Waals surface area (Å²) in [6.07, 6.45) is 0. The molecule has 2 nitrogen and oxygen atoms in total. The van der Waals surface area contributed by atoms with Crippen LogP contribution >= 0.6 is 43.2 Å². The van der Waals surface area contributed by atoms with E-state index in [-0.39, 0.29) is 0 Å². The van der Waals surface area contributed by atoms with Gasteiger partial charge >= 0.3 is 0 Å². The summed E-state index contributed by atoms with van der Waals surface area (Å²) in [4.78, 5) is 0. The Morgan fingerprint density at radius 3 is 2.57 bits per heavy atom. The number of halogens is 2. The third-order valence-electron chi connectivity index (χ3n) is 1.77. The van der Waals surface area contributed by atoms with Crippen LogP contribution in [0.5, 0.6) is 0 Å². The van der Waals surface area contributed by atoms with Crippen molar-refractivity contribution in [2.75, 3.05) is 19.6 Å². The highest BCUT2D eigenvalue weighted by Gasteiger charge is 2.03. The van der Waals surface area contributed by atoms with Crippen LogP contribution in [0.15, 0.2) is 13.6 Å². The van der Waals surface area contributed by atoms with Gasteiger partial charge in [0.2, 0.25) is 0 Å². The van der Waals surface area contributed by atoms with Crippen LogP contribution in [0.1, 0.15) is 12.5 Å². The molecule has 0 atom stereocenters. The van der Waals surface area contributed by atoms with E-state index in [2.05, 4.69) is 55.5 Å². The molecule has 0 aliphatic heterocycles. The summed E-state index contributed by atoms with van der Waals surface area (Å²) in [5.74, 6) is 0. The van der Waals surface area contributed by atoms with Crippen LogP contribution < -0.4 is 10.6 Å². The average Bonchev–Trinajstić information content (AvgIpc) is 2.45. The zero-order valence-corrected chi connectivity index (χ0v) is 12.1. The number of hydrogen-bond acceptors (Lipinski definition) is 3. The summed E-state index contributed by atoms with van der Waals surface area (Å²) < 4.78 is 2.38. The topological polar surface area (TPSA) is 24.1 Å². The monoisotopic (exact) mass is 340 g/mol. The minimum atomic E-state index is 0.925. The lowest BCUT2D eigenvalue weighted by Gasteiger charge is -2.03. The molecule has 14 heavy (non-hydrogen) atoms. The van der Waals surface area contributed by atoms with Crippen LogP contribution in [0.2, 0.25) is 0 Å². The van der Waals surface area contributed by atoms with Crippen LogP contribution in [0.25, 0.3) is 0 Å². The van der Waals surface area contributed by atoms with Crippen LogP contribution in [-0.2, 0) is 6.54 Å². The summed E-state index contributed by atoms with van der Waals surface area (Å²) in [5, 5.41) is 6.66. The molecule has 0 fully saturated rings. The second-order valence-corrected chi connectivity index (χ2v) is 6.63. The van der Waals surface area contributed by atoms with Gasteiger partial charge < -0.3 is 10.6 Å². The first-order chi connectivity index (χ1) is 6.74. The lowest BCUT2D eigenvalue weighted by atomic mass is 10.3. The maximum absolute atomic E-state index is 3.53. The molecule has 0 bridgehead atoms. The van der Waals surface area contributed by atoms with E-state index in [9.17, 15) is 0 Å². The molecule has 1 rings (SSSR count). The maximum Gasteiger partial charge on any atom is 0.0755 e. The van der Waals surface area contributed by atoms with E-state index < -0.39 is 0 Å². The largest absolute Gasteiger partial charge is 0.316 e. The second kappa shape index (κ2) is 6.95. The Bertz CT molecular complexity index is 276. The first-order valence-electron chi connectivity index (χ1n) is 4.59. The van der Waals surface area contributed by atoms with Gasteiger partial charge in [-0.3, -0.25) is 0 Å². The standard InChI is InChI=1S/C9H14Br2N2S/c1-2-12-3-4-13-6-7-5-8(10)14-9(7)11/h5,12-13H,2-4,6H2,1H3. The summed E-state index contributed by atoms with van der Waals surface area (Å²) in [6.45, 7) is 6.11. The van der Waals surface area contributed by atoms with E-state index in [0.717, 1.165) is 26.2 Å². The van der Waals surface area contributed by atoms with Crippen LogP contribution in [0.3, 0.4) is 0 Å². The maximum atomic E-state index is 3.53. The number of thiophene rings is 1. The smallest absolute Gasteiger partial charge is 0.0755 e. The van der Waals surface area contributed by atoms with Crippen LogP contribution in [-0.4, -0.2) is 19.6 Å². The number of likely N-dealkylation sites (N-methyl/N-ethyl adjacent to an activating group) is 1. The molecule has 0 aliphatic carbocycles. The van der Waals surface area contributed by atoms with Gasteiger partial charge in [0.25, 0.3) is 0 Å². The lowest BCUT2D eigenvalue weighted by Crippen LogP contribution is -2.26. The summed E-state index contributed by atoms with van der Waals surface area (Å²) in [5.41, 5.74) is 1.32. The molecule has 0 aliphatic rings. The SMILES string of the molecule is CCNCCNCc1cc(Br)sc1Br. The van der Waals surface area contributed by atoms with E-state index in [4.69, 9.17) is 0 Å². The molecule has 0 amide bonds. The lowest BCUT2D eigenvalue weighted by molar-refractivity contribution is 0.625. The quantitative estimate of drug-likeness (QED) is 0.777. The molecular weight excluding hydrogens is 328 g/mol. The van der Waals surface area contributed by atoms with Crippen molar-refractivity contribution in [3.05, 3.63) is 19.2 Å². The molecule has 0 saturated heterocycles. The van der Waals surface area contributed by atoms with Crippen molar-refractivity contribution < 1.29 is 0 Å². The zero-order valence-electron chi connectivity index (χ0n) is 8.07. The van der Waals surface area contributed by atoms with E-state index in [0.29, 0.717) is 0 Å². The normalized spacial score (nSPS) is 10.8. The molecule has 0 spiro atoms. The number of rotatable bonds is 6. The van der Waals surface area contributed by atoms with Crippen molar-refractivity contribution in [2.24, 2.45) is 0 Å². The minimum absolute atomic E-state index is 0.925. The first-order valence-corrected chi connectivity index (χ1v) is 6.99. The van der Waals surface area contributed by atoms with E-state index in [1.54, 1.807) is 11.3 Å². The molecule has 0 unspecified atom stereocenters. The van der Waals surface area contributed by atoms with Gasteiger partial charge in [-0.05, 0) is 50.0 Å². The van der Waals surface area contributed by atoms with Gasteiger partial charge in [0.05, 0.1) is 7.57 Å². The molecule has 1 heterocycles. The predicted octanol–water partition coefficient (Wildman–Crippen LogP) is 2.97. The van der Waals surface area contributed by atoms with Gasteiger partial charge in [-0.1, -0.05) is 6.92 Å². The van der Waals surface area contributed by atoms with Gasteiger partial charge in [-0.25, -0.2) is 0 Å². The third-order valence-corrected chi connectivity index (χ3v) is 4.23. The molecule has 5 heteroatoms. The van der Waals surface area contributed by atoms with Crippen molar-refractivity contribution in [3.8, 4) is 0 Å². The Morgan fingerprint density at radius 1 is 1.29 bits per heavy atom. The van der Waals surface area contributed by atoms with Crippen molar-refractivity contribution in [1.82, 2.24) is 10.6 Å². The summed E-state index contributed by atoms with van der Waals surface area (Å²) >= 11 is 8.71. The van der Waals surface area contributed by atoms with Crippen molar-refractivity contribution in [3.63, 3.8) is 0 Å². The average molecular weight is 342 g/mol. The molecule has 1 aromatic rings. The Kier molecular flexibility index (Phi) is 6.28. The van der Waals surface area contributed by atoms with Crippen molar-refractivity contribution in [2.45, 2.75) is 13.5 Å². The Hall–Kier alpha value is 0.580. The Balaban J connectivity index is 2.21. The number of nitrogens with one attached hydrogen (secondary N) is 2. The fraction of sp³-hybridized carbons (Fsp3) is 0.556. The van der Waals surface area contributed by atoms with Gasteiger partial charge in [0.1, 0.15) is 0 Å². The fourth-order valence-corrected chi connectivity index (χ4v) is 3.90. The summed E-state index contributed by atoms with van der Waals surface area (Å²) in [7, 11) is 0. The van der Waals surface area contributed by atoms with Gasteiger partial charge in [0, 0.05) is 19.6 Å². The van der Waals surface area contributed by atoms with Crippen molar-refractivity contribution in [1.29, 1.82) is 0 Å². The van der Waals surface area contributed by atoms with Gasteiger partial charge in [-0.15, -0.1) is 11.3 Å². The van der Waals surface area contributed by atoms with E-state index >= 15 is 0 Å². The third kappa shape index (κ3) is 4.40. The Morgan fingerprint density at radius 2 is 2.00 bits per heavy atom. The van der Waals surface area contributed by atoms with Crippen LogP contribution in [0, 0.1) is 0 Å². The summed E-state index contributed by atoms with van der Waals surface area (Å²) in [6, 6.07) is 2.15. The van der Waals surface area contributed by atoms with Gasteiger partial charge in [-0.2, -0.15) is 0 Å². The molecule has 0 saturated carbocycles. The first kappa shape index (κ1) is 12.6. The molecule has 0 aromatic carbocycles. The molecule has 80 valence electrons.